The van der Waals surface area contributed by atoms with Gasteiger partial charge in [0.05, 0.1) is 6.54 Å². The van der Waals surface area contributed by atoms with Crippen molar-refractivity contribution in [3.63, 3.8) is 0 Å². The predicted octanol–water partition coefficient (Wildman–Crippen LogP) is 3.24. The van der Waals surface area contributed by atoms with Gasteiger partial charge in [0.15, 0.2) is 11.0 Å². The van der Waals surface area contributed by atoms with Crippen LogP contribution in [-0.2, 0) is 82.0 Å². The molecule has 27 nitrogen and oxygen atoms in total. The molecule has 4 saturated heterocycles. The first-order chi connectivity index (χ1) is 43.5. The maximum Gasteiger partial charge on any atom is 0.276 e. The van der Waals surface area contributed by atoms with Crippen molar-refractivity contribution in [2.45, 2.75) is 189 Å². The SMILES string of the molecule is CC(C)C1CC(=O)N(CCCC(=O)CCC(=O)NCC(=O)CCC(=O)NCCC(=O)NCCN2C(=O)CC(C(C)C)C2=O)C1=O.CC(C)SCCC(C(=O)NCCN1C(=O)CC(C(C)C)C1=O)S(=O)(=O)O.CC(C)SCCCC(=O)NCCN1C(=O)CC(C(C)C)C1=O. The fraction of sp³-hybridized carbons (Fsp3) is 0.762. The van der Waals surface area contributed by atoms with Crippen LogP contribution >= 0.6 is 23.5 Å². The predicted molar refractivity (Wildman–Crippen MR) is 350 cm³/mol. The molecule has 4 aliphatic heterocycles. The molecule has 0 radical (unpaired) electrons. The van der Waals surface area contributed by atoms with Gasteiger partial charge in [0.2, 0.25) is 76.8 Å². The molecule has 0 aromatic rings. The third-order valence-electron chi connectivity index (χ3n) is 16.0. The van der Waals surface area contributed by atoms with Gasteiger partial charge in [-0.2, -0.15) is 31.9 Å². The molecular weight excluding hydrogens is 1270 g/mol. The third kappa shape index (κ3) is 30.0. The summed E-state index contributed by atoms with van der Waals surface area (Å²) in [5, 5.41) is 12.1. The van der Waals surface area contributed by atoms with Crippen LogP contribution in [0.5, 0.6) is 0 Å². The lowest BCUT2D eigenvalue weighted by Gasteiger charge is -2.18. The van der Waals surface area contributed by atoms with Gasteiger partial charge in [-0.05, 0) is 64.9 Å². The van der Waals surface area contributed by atoms with Crippen LogP contribution in [0.4, 0.5) is 0 Å². The minimum Gasteiger partial charge on any atom is -0.356 e. The van der Waals surface area contributed by atoms with E-state index in [1.807, 2.05) is 81.0 Å². The van der Waals surface area contributed by atoms with E-state index in [-0.39, 0.29) is 240 Å². The molecule has 0 spiro atoms. The van der Waals surface area contributed by atoms with Crippen LogP contribution in [-0.4, -0.2) is 207 Å². The third-order valence-corrected chi connectivity index (χ3v) is 19.5. The quantitative estimate of drug-likeness (QED) is 0.0292. The number of carbonyl (C=O) groups excluding carboxylic acids is 15. The molecule has 0 aromatic carbocycles. The summed E-state index contributed by atoms with van der Waals surface area (Å²) in [5.74, 6) is -3.75. The Bertz CT molecular complexity index is 2760. The van der Waals surface area contributed by atoms with Crippen molar-refractivity contribution in [1.29, 1.82) is 0 Å². The highest BCUT2D eigenvalue weighted by atomic mass is 32.2. The van der Waals surface area contributed by atoms with Crippen molar-refractivity contribution >= 4 is 122 Å². The molecule has 526 valence electrons. The Kier molecular flexibility index (Phi) is 37.1. The van der Waals surface area contributed by atoms with Crippen molar-refractivity contribution in [3.05, 3.63) is 0 Å². The fourth-order valence-electron chi connectivity index (χ4n) is 10.3. The molecule has 0 aromatic heterocycles. The van der Waals surface area contributed by atoms with Gasteiger partial charge in [-0.25, -0.2) is 0 Å². The van der Waals surface area contributed by atoms with Gasteiger partial charge in [0, 0.05) is 147 Å². The summed E-state index contributed by atoms with van der Waals surface area (Å²) < 4.78 is 32.2. The first-order valence-corrected chi connectivity index (χ1v) is 36.0. The number of nitrogens with zero attached hydrogens (tertiary/aromatic N) is 4. The summed E-state index contributed by atoms with van der Waals surface area (Å²) in [6, 6.07) is 0. The molecule has 4 aliphatic rings. The molecule has 0 saturated carbocycles. The zero-order valence-electron chi connectivity index (χ0n) is 56.4. The normalized spacial score (nSPS) is 18.7. The minimum atomic E-state index is -4.53. The molecule has 5 unspecified atom stereocenters. The minimum absolute atomic E-state index is 0.00837. The number of imide groups is 4. The number of Topliss-reactive ketones (excluding diaryl/α,β-unsaturated/α-hetero) is 2. The monoisotopic (exact) mass is 1370 g/mol. The second-order valence-corrected chi connectivity index (χ2v) is 30.5. The molecule has 13 amide bonds. The summed E-state index contributed by atoms with van der Waals surface area (Å²) in [5.41, 5.74) is 0. The zero-order chi connectivity index (χ0) is 70.4. The van der Waals surface area contributed by atoms with Gasteiger partial charge < -0.3 is 26.6 Å². The van der Waals surface area contributed by atoms with Gasteiger partial charge in [0.25, 0.3) is 10.1 Å². The molecule has 0 aliphatic carbocycles. The van der Waals surface area contributed by atoms with Crippen LogP contribution in [0, 0.1) is 47.3 Å². The number of hydrogen-bond donors (Lipinski definition) is 6. The Morgan fingerprint density at radius 1 is 0.419 bits per heavy atom. The first kappa shape index (κ1) is 83.0. The number of ketones is 2. The lowest BCUT2D eigenvalue weighted by Crippen LogP contribution is -2.44. The number of carbonyl (C=O) groups is 15. The second kappa shape index (κ2) is 41.6. The molecule has 4 fully saturated rings. The van der Waals surface area contributed by atoms with Crippen LogP contribution in [0.1, 0.15) is 173 Å². The molecule has 4 rings (SSSR count). The van der Waals surface area contributed by atoms with Crippen LogP contribution in [0.2, 0.25) is 0 Å². The molecule has 30 heteroatoms. The summed E-state index contributed by atoms with van der Waals surface area (Å²) in [4.78, 5) is 186. The van der Waals surface area contributed by atoms with E-state index < -0.39 is 33.1 Å². The van der Waals surface area contributed by atoms with Crippen molar-refractivity contribution < 1.29 is 84.9 Å². The summed E-state index contributed by atoms with van der Waals surface area (Å²) in [6.45, 7) is 24.1. The summed E-state index contributed by atoms with van der Waals surface area (Å²) in [6.07, 6.45) is 2.26. The number of nitrogens with one attached hydrogen (secondary N) is 5. The standard InChI is InChI=1S/C31H47N5O9.C16H28N2O6S2.C16H28N2O3S/c1-19(2)23-16-28(42)35(30(23)44)14-5-6-21(37)7-9-26(40)34-18-22(38)8-10-25(39)32-12-11-27(41)33-13-15-36-29(43)17-24(20(3)4)31(36)45;1-10(2)12-9-14(19)18(16(12)21)7-6-17-15(20)13(26(22,23)24)5-8-25-11(3)4;1-11(2)13-10-15(20)18(16(13)21)8-7-17-14(19)6-5-9-22-12(3)4/h19-20,23-24H,5-18H2,1-4H3,(H,32,39)(H,33,41)(H,34,40);10-13H,5-9H2,1-4H3,(H,17,20)(H,22,23,24);11-13H,5-10H2,1-4H3,(H,17,19). The van der Waals surface area contributed by atoms with Crippen molar-refractivity contribution in [3.8, 4) is 0 Å². The van der Waals surface area contributed by atoms with E-state index in [1.165, 1.54) is 26.5 Å². The van der Waals surface area contributed by atoms with E-state index in [0.29, 0.717) is 36.8 Å². The van der Waals surface area contributed by atoms with E-state index in [0.717, 1.165) is 17.1 Å². The molecule has 93 heavy (non-hydrogen) atoms. The highest BCUT2D eigenvalue weighted by molar-refractivity contribution is 8.00. The number of hydrogen-bond acceptors (Lipinski definition) is 19. The zero-order valence-corrected chi connectivity index (χ0v) is 58.9. The van der Waals surface area contributed by atoms with E-state index in [2.05, 4.69) is 40.4 Å². The van der Waals surface area contributed by atoms with Gasteiger partial charge in [-0.15, -0.1) is 0 Å². The van der Waals surface area contributed by atoms with Crippen LogP contribution in [0.15, 0.2) is 0 Å². The van der Waals surface area contributed by atoms with Crippen LogP contribution < -0.4 is 26.6 Å². The van der Waals surface area contributed by atoms with Gasteiger partial charge in [-0.3, -0.25) is 96.1 Å². The Hall–Kier alpha value is -6.14. The molecule has 4 heterocycles. The average Bonchev–Trinajstić information content (AvgIpc) is 1.85. The van der Waals surface area contributed by atoms with E-state index in [4.69, 9.17) is 0 Å². The second-order valence-electron chi connectivity index (χ2n) is 25.5. The van der Waals surface area contributed by atoms with Crippen molar-refractivity contribution in [1.82, 2.24) is 46.2 Å². The van der Waals surface area contributed by atoms with E-state index in [1.54, 1.807) is 0 Å². The molecule has 6 N–H and O–H groups in total. The van der Waals surface area contributed by atoms with Gasteiger partial charge >= 0.3 is 0 Å². The fourth-order valence-corrected chi connectivity index (χ4v) is 12.8. The van der Waals surface area contributed by atoms with E-state index in [9.17, 15) is 84.9 Å². The largest absolute Gasteiger partial charge is 0.356 e. The Balaban J connectivity index is 0.000000519. The molecule has 5 atom stereocenters. The van der Waals surface area contributed by atoms with Crippen molar-refractivity contribution in [2.24, 2.45) is 47.3 Å². The number of likely N-dealkylation sites (tertiary alicyclic amines) is 4. The van der Waals surface area contributed by atoms with Crippen LogP contribution in [0.25, 0.3) is 0 Å². The Morgan fingerprint density at radius 3 is 1.15 bits per heavy atom. The summed E-state index contributed by atoms with van der Waals surface area (Å²) >= 11 is 3.33. The maximum absolute atomic E-state index is 12.3. The van der Waals surface area contributed by atoms with Crippen LogP contribution in [0.3, 0.4) is 0 Å². The molecule has 0 bridgehead atoms. The lowest BCUT2D eigenvalue weighted by molar-refractivity contribution is -0.141. The Morgan fingerprint density at radius 2 is 0.763 bits per heavy atom. The topological polar surface area (TPSA) is 384 Å². The highest BCUT2D eigenvalue weighted by Crippen LogP contribution is 2.29. The summed E-state index contributed by atoms with van der Waals surface area (Å²) in [7, 11) is -4.53. The number of rotatable bonds is 39. The molecular formula is C63H103N9O18S3. The van der Waals surface area contributed by atoms with Crippen molar-refractivity contribution in [2.75, 3.05) is 70.4 Å². The highest BCUT2D eigenvalue weighted by Gasteiger charge is 2.43. The van der Waals surface area contributed by atoms with Gasteiger partial charge in [0.1, 0.15) is 5.78 Å². The smallest absolute Gasteiger partial charge is 0.276 e. The lowest BCUT2D eigenvalue weighted by atomic mass is 9.94. The Labute approximate surface area is 556 Å². The van der Waals surface area contributed by atoms with E-state index >= 15 is 0 Å². The average molecular weight is 1370 g/mol. The van der Waals surface area contributed by atoms with Gasteiger partial charge in [-0.1, -0.05) is 83.1 Å². The first-order valence-electron chi connectivity index (χ1n) is 32.4. The maximum atomic E-state index is 12.3. The number of amides is 13. The number of thioether (sulfide) groups is 2.